The Morgan fingerprint density at radius 2 is 1.35 bits per heavy atom. The first-order valence-electron chi connectivity index (χ1n) is 11.7. The summed E-state index contributed by atoms with van der Waals surface area (Å²) < 4.78 is 0. The van der Waals surface area contributed by atoms with E-state index in [9.17, 15) is 0 Å². The van der Waals surface area contributed by atoms with Crippen LogP contribution in [0.3, 0.4) is 0 Å². The first-order valence-corrected chi connectivity index (χ1v) is 11.7. The smallest absolute Gasteiger partial charge is 0.0376 e. The van der Waals surface area contributed by atoms with Crippen LogP contribution in [0.1, 0.15) is 124 Å². The molecule has 0 fully saturated rings. The predicted molar refractivity (Wildman–Crippen MR) is 119 cm³/mol. The summed E-state index contributed by atoms with van der Waals surface area (Å²) in [5.74, 6) is 0.468. The molecule has 1 unspecified atom stereocenters. The van der Waals surface area contributed by atoms with Gasteiger partial charge in [-0.25, -0.2) is 0 Å². The minimum absolute atomic E-state index is 0.468. The average Bonchev–Trinajstić information content (AvgIpc) is 2.65. The molecule has 0 spiro atoms. The summed E-state index contributed by atoms with van der Waals surface area (Å²) >= 11 is 0. The first-order chi connectivity index (χ1) is 12.7. The molecule has 2 nitrogen and oxygen atoms in total. The van der Waals surface area contributed by atoms with Crippen LogP contribution in [0, 0.1) is 11.3 Å². The van der Waals surface area contributed by atoms with Crippen molar-refractivity contribution in [2.75, 3.05) is 6.54 Å². The van der Waals surface area contributed by atoms with Crippen LogP contribution in [0.5, 0.6) is 0 Å². The molecule has 0 aromatic carbocycles. The van der Waals surface area contributed by atoms with Crippen LogP contribution in [0.25, 0.3) is 0 Å². The van der Waals surface area contributed by atoms with Gasteiger partial charge in [-0.2, -0.15) is 0 Å². The van der Waals surface area contributed by atoms with Crippen LogP contribution < -0.4 is 5.73 Å². The van der Waals surface area contributed by atoms with E-state index in [1.807, 2.05) is 0 Å². The fourth-order valence-corrected chi connectivity index (χ4v) is 4.00. The quantitative estimate of drug-likeness (QED) is 0.189. The highest BCUT2D eigenvalue weighted by molar-refractivity contribution is 6.00. The lowest BCUT2D eigenvalue weighted by molar-refractivity contribution is 0.565. The van der Waals surface area contributed by atoms with Crippen LogP contribution in [0.15, 0.2) is 11.1 Å². The monoisotopic (exact) mass is 364 g/mol. The van der Waals surface area contributed by atoms with Crippen molar-refractivity contribution in [2.24, 2.45) is 11.7 Å². The van der Waals surface area contributed by atoms with Crippen molar-refractivity contribution in [3.05, 3.63) is 11.1 Å². The zero-order valence-electron chi connectivity index (χ0n) is 18.5. The molecule has 0 aromatic heterocycles. The molecule has 0 heterocycles. The molecule has 1 atom stereocenters. The molecule has 0 saturated heterocycles. The van der Waals surface area contributed by atoms with E-state index in [-0.39, 0.29) is 0 Å². The highest BCUT2D eigenvalue weighted by Gasteiger charge is 2.18. The van der Waals surface area contributed by atoms with Crippen LogP contribution in [0.2, 0.25) is 0 Å². The van der Waals surface area contributed by atoms with E-state index < -0.39 is 0 Å². The zero-order valence-corrected chi connectivity index (χ0v) is 18.5. The third-order valence-electron chi connectivity index (χ3n) is 5.65. The van der Waals surface area contributed by atoms with Crippen molar-refractivity contribution in [1.29, 1.82) is 5.41 Å². The van der Waals surface area contributed by atoms with Gasteiger partial charge in [0, 0.05) is 11.6 Å². The van der Waals surface area contributed by atoms with E-state index in [4.69, 9.17) is 11.1 Å². The van der Waals surface area contributed by atoms with Gasteiger partial charge in [0.1, 0.15) is 0 Å². The first kappa shape index (κ1) is 25.4. The standard InChI is InChI=1S/C24H48N2/c1-5-17-21(7-3)23(24(26)22(8-4)18-6-2)19-15-13-11-9-10-12-14-16-20-25/h22,26H,5-20,25H2,1-4H3. The lowest BCUT2D eigenvalue weighted by atomic mass is 9.84. The maximum absolute atomic E-state index is 8.86. The van der Waals surface area contributed by atoms with Gasteiger partial charge in [0.2, 0.25) is 0 Å². The molecule has 0 aliphatic carbocycles. The van der Waals surface area contributed by atoms with Crippen LogP contribution in [-0.4, -0.2) is 12.3 Å². The molecular weight excluding hydrogens is 316 g/mol. The number of nitrogens with two attached hydrogens (primary N) is 1. The number of unbranched alkanes of at least 4 members (excludes halogenated alkanes) is 7. The Labute approximate surface area is 164 Å². The van der Waals surface area contributed by atoms with Crippen molar-refractivity contribution < 1.29 is 0 Å². The Bertz CT molecular complexity index is 370. The van der Waals surface area contributed by atoms with E-state index in [1.165, 1.54) is 82.6 Å². The minimum Gasteiger partial charge on any atom is -0.330 e. The van der Waals surface area contributed by atoms with Crippen LogP contribution >= 0.6 is 0 Å². The molecule has 0 saturated carbocycles. The Morgan fingerprint density at radius 3 is 1.81 bits per heavy atom. The van der Waals surface area contributed by atoms with Gasteiger partial charge in [-0.3, -0.25) is 0 Å². The predicted octanol–water partition coefficient (Wildman–Crippen LogP) is 7.81. The van der Waals surface area contributed by atoms with Gasteiger partial charge in [0.05, 0.1) is 0 Å². The van der Waals surface area contributed by atoms with Crippen molar-refractivity contribution in [1.82, 2.24) is 0 Å². The normalized spacial score (nSPS) is 13.6. The number of nitrogens with one attached hydrogen (secondary N) is 1. The summed E-state index contributed by atoms with van der Waals surface area (Å²) in [4.78, 5) is 0. The van der Waals surface area contributed by atoms with Crippen LogP contribution in [-0.2, 0) is 0 Å². The maximum Gasteiger partial charge on any atom is 0.0376 e. The van der Waals surface area contributed by atoms with Crippen molar-refractivity contribution in [3.63, 3.8) is 0 Å². The van der Waals surface area contributed by atoms with Gasteiger partial charge < -0.3 is 11.1 Å². The molecule has 0 aliphatic heterocycles. The lowest BCUT2D eigenvalue weighted by Crippen LogP contribution is -2.17. The second-order valence-corrected chi connectivity index (χ2v) is 7.86. The molecule has 0 amide bonds. The maximum atomic E-state index is 8.86. The Balaban J connectivity index is 4.53. The second kappa shape index (κ2) is 17.8. The Hall–Kier alpha value is -0.630. The summed E-state index contributed by atoms with van der Waals surface area (Å²) in [7, 11) is 0. The molecule has 0 aromatic rings. The molecular formula is C24H48N2. The van der Waals surface area contributed by atoms with Gasteiger partial charge in [0.15, 0.2) is 0 Å². The average molecular weight is 365 g/mol. The third kappa shape index (κ3) is 11.2. The summed E-state index contributed by atoms with van der Waals surface area (Å²) in [6.45, 7) is 9.89. The summed E-state index contributed by atoms with van der Waals surface area (Å²) in [5.41, 5.74) is 9.51. The summed E-state index contributed by atoms with van der Waals surface area (Å²) in [6.07, 6.45) is 18.6. The van der Waals surface area contributed by atoms with Crippen LogP contribution in [0.4, 0.5) is 0 Å². The van der Waals surface area contributed by atoms with Gasteiger partial charge in [-0.05, 0) is 57.1 Å². The highest BCUT2D eigenvalue weighted by atomic mass is 14.5. The summed E-state index contributed by atoms with van der Waals surface area (Å²) in [6, 6.07) is 0. The molecule has 0 aliphatic rings. The van der Waals surface area contributed by atoms with Crippen molar-refractivity contribution >= 4 is 5.71 Å². The molecule has 26 heavy (non-hydrogen) atoms. The second-order valence-electron chi connectivity index (χ2n) is 7.86. The van der Waals surface area contributed by atoms with E-state index >= 15 is 0 Å². The molecule has 0 bridgehead atoms. The van der Waals surface area contributed by atoms with Crippen molar-refractivity contribution in [3.8, 4) is 0 Å². The fourth-order valence-electron chi connectivity index (χ4n) is 4.00. The minimum atomic E-state index is 0.468. The molecule has 0 rings (SSSR count). The SMILES string of the molecule is CCCC(CC)=C(CCCCCCCCCCN)C(=N)C(CC)CCC. The largest absolute Gasteiger partial charge is 0.330 e. The van der Waals surface area contributed by atoms with E-state index in [0.717, 1.165) is 31.5 Å². The molecule has 154 valence electrons. The highest BCUT2D eigenvalue weighted by Crippen LogP contribution is 2.27. The van der Waals surface area contributed by atoms with Gasteiger partial charge in [-0.1, -0.05) is 84.6 Å². The van der Waals surface area contributed by atoms with E-state index in [0.29, 0.717) is 5.92 Å². The van der Waals surface area contributed by atoms with E-state index in [2.05, 4.69) is 27.7 Å². The van der Waals surface area contributed by atoms with Gasteiger partial charge in [0.25, 0.3) is 0 Å². The third-order valence-corrected chi connectivity index (χ3v) is 5.65. The number of allylic oxidation sites excluding steroid dienone is 2. The number of hydrogen-bond donors (Lipinski definition) is 2. The fraction of sp³-hybridized carbons (Fsp3) is 0.875. The number of hydrogen-bond acceptors (Lipinski definition) is 2. The zero-order chi connectivity index (χ0) is 19.6. The molecule has 0 radical (unpaired) electrons. The van der Waals surface area contributed by atoms with Crippen molar-refractivity contribution in [2.45, 2.75) is 124 Å². The Morgan fingerprint density at radius 1 is 0.769 bits per heavy atom. The molecule has 2 heteroatoms. The Kier molecular flexibility index (Phi) is 17.3. The topological polar surface area (TPSA) is 49.9 Å². The van der Waals surface area contributed by atoms with Gasteiger partial charge >= 0.3 is 0 Å². The summed E-state index contributed by atoms with van der Waals surface area (Å²) in [5, 5.41) is 8.86. The van der Waals surface area contributed by atoms with E-state index in [1.54, 1.807) is 5.57 Å². The number of rotatable bonds is 18. The van der Waals surface area contributed by atoms with Gasteiger partial charge in [-0.15, -0.1) is 0 Å². The lowest BCUT2D eigenvalue weighted by Gasteiger charge is -2.22. The molecule has 3 N–H and O–H groups in total.